The minimum absolute atomic E-state index is 0.0368. The minimum atomic E-state index is -4.28. The first-order valence-electron chi connectivity index (χ1n) is 5.58. The van der Waals surface area contributed by atoms with Crippen molar-refractivity contribution in [3.8, 4) is 0 Å². The zero-order valence-corrected chi connectivity index (χ0v) is 12.4. The molecule has 1 aromatic carbocycles. The maximum atomic E-state index is 13.7. The number of aliphatic imine (C=N–C) groups is 1. The van der Waals surface area contributed by atoms with Crippen molar-refractivity contribution in [2.75, 3.05) is 18.7 Å². The fourth-order valence-electron chi connectivity index (χ4n) is 1.34. The number of benzene rings is 1. The lowest BCUT2D eigenvalue weighted by Crippen LogP contribution is -2.19. The molecule has 0 bridgehead atoms. The highest BCUT2D eigenvalue weighted by molar-refractivity contribution is 7.99. The summed E-state index contributed by atoms with van der Waals surface area (Å²) in [5.41, 5.74) is 0.401. The molecule has 0 amide bonds. The highest BCUT2D eigenvalue weighted by Gasteiger charge is 2.27. The first kappa shape index (κ1) is 17.1. The van der Waals surface area contributed by atoms with Crippen LogP contribution in [-0.2, 0) is 0 Å². The summed E-state index contributed by atoms with van der Waals surface area (Å²) in [6.07, 6.45) is -4.28. The van der Waals surface area contributed by atoms with Gasteiger partial charge in [0.2, 0.25) is 0 Å². The number of thioether (sulfide) groups is 1. The van der Waals surface area contributed by atoms with Crippen LogP contribution in [0.15, 0.2) is 22.0 Å². The van der Waals surface area contributed by atoms with Gasteiger partial charge in [0.1, 0.15) is 17.3 Å². The minimum Gasteiger partial charge on any atom is -0.376 e. The topological polar surface area (TPSA) is 24.4 Å². The van der Waals surface area contributed by atoms with Crippen LogP contribution in [0, 0.1) is 12.7 Å². The monoisotopic (exact) mass is 328 g/mol. The summed E-state index contributed by atoms with van der Waals surface area (Å²) in [5.74, 6) is -1.25. The van der Waals surface area contributed by atoms with Crippen LogP contribution in [0.2, 0.25) is 0 Å². The largest absolute Gasteiger partial charge is 0.398 e. The Labute approximate surface area is 123 Å². The second-order valence-electron chi connectivity index (χ2n) is 3.92. The normalized spacial score (nSPS) is 12.7. The smallest absolute Gasteiger partial charge is 0.376 e. The van der Waals surface area contributed by atoms with Gasteiger partial charge in [-0.05, 0) is 24.6 Å². The third kappa shape index (κ3) is 5.20. The third-order valence-corrected chi connectivity index (χ3v) is 3.78. The molecule has 0 atom stereocenters. The zero-order chi connectivity index (χ0) is 15.3. The van der Waals surface area contributed by atoms with E-state index in [9.17, 15) is 17.6 Å². The molecule has 1 rings (SSSR count). The number of nitrogens with zero attached hydrogens (tertiary/aromatic N) is 1. The molecule has 20 heavy (non-hydrogen) atoms. The standard InChI is InChI=1S/C12H13ClF4N2S/c1-7-3-8(14)9(19-11(5-13)18-2)4-10(7)20-6-12(15,16)17/h3-4H,5-6H2,1-2H3,(H,18,19). The lowest BCUT2D eigenvalue weighted by atomic mass is 10.2. The lowest BCUT2D eigenvalue weighted by molar-refractivity contribution is -0.105. The molecule has 0 heterocycles. The molecule has 2 nitrogen and oxygen atoms in total. The second-order valence-corrected chi connectivity index (χ2v) is 5.20. The summed E-state index contributed by atoms with van der Waals surface area (Å²) >= 11 is 6.20. The van der Waals surface area contributed by atoms with Crippen molar-refractivity contribution < 1.29 is 17.6 Å². The van der Waals surface area contributed by atoms with Crippen LogP contribution < -0.4 is 5.32 Å². The molecule has 0 saturated heterocycles. The Kier molecular flexibility index (Phi) is 6.13. The second kappa shape index (κ2) is 7.17. The van der Waals surface area contributed by atoms with Gasteiger partial charge in [0.15, 0.2) is 0 Å². The summed E-state index contributed by atoms with van der Waals surface area (Å²) < 4.78 is 50.4. The molecule has 1 N–H and O–H groups in total. The van der Waals surface area contributed by atoms with E-state index in [4.69, 9.17) is 11.6 Å². The van der Waals surface area contributed by atoms with Crippen molar-refractivity contribution in [3.63, 3.8) is 0 Å². The number of hydrogen-bond donors (Lipinski definition) is 1. The van der Waals surface area contributed by atoms with Crippen LogP contribution >= 0.6 is 23.4 Å². The highest BCUT2D eigenvalue weighted by atomic mass is 35.5. The molecule has 0 aromatic heterocycles. The zero-order valence-electron chi connectivity index (χ0n) is 10.8. The third-order valence-electron chi connectivity index (χ3n) is 2.31. The molecule has 0 spiro atoms. The molecule has 0 unspecified atom stereocenters. The molecule has 1 aromatic rings. The Morgan fingerprint density at radius 2 is 2.05 bits per heavy atom. The number of nitrogens with one attached hydrogen (secondary N) is 1. The van der Waals surface area contributed by atoms with E-state index in [1.807, 2.05) is 0 Å². The van der Waals surface area contributed by atoms with Gasteiger partial charge in [-0.3, -0.25) is 0 Å². The summed E-state index contributed by atoms with van der Waals surface area (Å²) in [5, 5.41) is 2.68. The van der Waals surface area contributed by atoms with Gasteiger partial charge in [-0.25, -0.2) is 9.38 Å². The number of rotatable bonds is 4. The predicted octanol–water partition coefficient (Wildman–Crippen LogP) is 4.28. The number of aryl methyl sites for hydroxylation is 1. The quantitative estimate of drug-likeness (QED) is 0.293. The Morgan fingerprint density at radius 1 is 1.40 bits per heavy atom. The van der Waals surface area contributed by atoms with Crippen LogP contribution in [0.1, 0.15) is 5.56 Å². The van der Waals surface area contributed by atoms with E-state index in [2.05, 4.69) is 10.3 Å². The van der Waals surface area contributed by atoms with Gasteiger partial charge in [-0.15, -0.1) is 23.4 Å². The summed E-state index contributed by atoms with van der Waals surface area (Å²) in [4.78, 5) is 4.29. The molecule has 0 aliphatic heterocycles. The maximum absolute atomic E-state index is 13.7. The van der Waals surface area contributed by atoms with Crippen LogP contribution in [-0.4, -0.2) is 30.7 Å². The Morgan fingerprint density at radius 3 is 2.55 bits per heavy atom. The fourth-order valence-corrected chi connectivity index (χ4v) is 2.33. The van der Waals surface area contributed by atoms with Gasteiger partial charge >= 0.3 is 6.18 Å². The number of amidine groups is 1. The van der Waals surface area contributed by atoms with Gasteiger partial charge < -0.3 is 5.32 Å². The maximum Gasteiger partial charge on any atom is 0.398 e. The van der Waals surface area contributed by atoms with E-state index in [1.165, 1.54) is 12.1 Å². The SMILES string of the molecule is CN/C(CCl)=N\c1cc(SCC(F)(F)F)c(C)cc1F. The molecule has 0 fully saturated rings. The van der Waals surface area contributed by atoms with Crippen molar-refractivity contribution in [2.45, 2.75) is 18.0 Å². The first-order chi connectivity index (χ1) is 9.26. The molecule has 0 radical (unpaired) electrons. The molecule has 0 aliphatic rings. The van der Waals surface area contributed by atoms with Gasteiger partial charge in [0.25, 0.3) is 0 Å². The Bertz CT molecular complexity index is 497. The molecule has 112 valence electrons. The van der Waals surface area contributed by atoms with E-state index in [1.54, 1.807) is 14.0 Å². The van der Waals surface area contributed by atoms with Gasteiger partial charge in [-0.2, -0.15) is 13.2 Å². The van der Waals surface area contributed by atoms with Crippen molar-refractivity contribution in [1.29, 1.82) is 0 Å². The van der Waals surface area contributed by atoms with Crippen LogP contribution in [0.5, 0.6) is 0 Å². The van der Waals surface area contributed by atoms with Crippen LogP contribution in [0.3, 0.4) is 0 Å². The highest BCUT2D eigenvalue weighted by Crippen LogP contribution is 2.33. The van der Waals surface area contributed by atoms with Crippen molar-refractivity contribution in [1.82, 2.24) is 5.32 Å². The summed E-state index contributed by atoms with van der Waals surface area (Å²) in [6, 6.07) is 2.46. The van der Waals surface area contributed by atoms with Crippen molar-refractivity contribution in [2.24, 2.45) is 4.99 Å². The van der Waals surface area contributed by atoms with Crippen molar-refractivity contribution in [3.05, 3.63) is 23.5 Å². The van der Waals surface area contributed by atoms with Crippen LogP contribution in [0.25, 0.3) is 0 Å². The Balaban J connectivity index is 3.06. The molecule has 0 saturated carbocycles. The van der Waals surface area contributed by atoms with Crippen LogP contribution in [0.4, 0.5) is 23.2 Å². The molecular weight excluding hydrogens is 316 g/mol. The van der Waals surface area contributed by atoms with Gasteiger partial charge in [0.05, 0.1) is 11.6 Å². The molecule has 0 aliphatic carbocycles. The summed E-state index contributed by atoms with van der Waals surface area (Å²) in [6.45, 7) is 1.55. The number of halogens is 5. The predicted molar refractivity (Wildman–Crippen MR) is 74.8 cm³/mol. The molecule has 8 heteroatoms. The lowest BCUT2D eigenvalue weighted by Gasteiger charge is -2.10. The van der Waals surface area contributed by atoms with Gasteiger partial charge in [0, 0.05) is 11.9 Å². The van der Waals surface area contributed by atoms with E-state index < -0.39 is 17.7 Å². The van der Waals surface area contributed by atoms with Crippen molar-refractivity contribution >= 4 is 34.9 Å². The Hall–Kier alpha value is -0.950. The average Bonchev–Trinajstić information content (AvgIpc) is 2.35. The fraction of sp³-hybridized carbons (Fsp3) is 0.417. The average molecular weight is 329 g/mol. The van der Waals surface area contributed by atoms with E-state index >= 15 is 0 Å². The molecular formula is C12H13ClF4N2S. The van der Waals surface area contributed by atoms with E-state index in [0.717, 1.165) is 0 Å². The van der Waals surface area contributed by atoms with E-state index in [0.29, 0.717) is 28.1 Å². The number of alkyl halides is 4. The van der Waals surface area contributed by atoms with E-state index in [-0.39, 0.29) is 11.6 Å². The first-order valence-corrected chi connectivity index (χ1v) is 7.10. The van der Waals surface area contributed by atoms with Gasteiger partial charge in [-0.1, -0.05) is 0 Å². The summed E-state index contributed by atoms with van der Waals surface area (Å²) in [7, 11) is 1.58. The number of hydrogen-bond acceptors (Lipinski definition) is 2.